The van der Waals surface area contributed by atoms with Crippen LogP contribution in [-0.2, 0) is 11.3 Å². The Morgan fingerprint density at radius 1 is 1.50 bits per heavy atom. The Bertz CT molecular complexity index is 590. The summed E-state index contributed by atoms with van der Waals surface area (Å²) >= 11 is 3.38. The number of hydrogen-bond donors (Lipinski definition) is 0. The van der Waals surface area contributed by atoms with Crippen LogP contribution in [0.2, 0.25) is 0 Å². The Labute approximate surface area is 114 Å². The van der Waals surface area contributed by atoms with Gasteiger partial charge in [-0.25, -0.2) is 4.79 Å². The van der Waals surface area contributed by atoms with Gasteiger partial charge < -0.3 is 4.74 Å². The van der Waals surface area contributed by atoms with Crippen molar-refractivity contribution in [3.8, 4) is 0 Å². The van der Waals surface area contributed by atoms with E-state index in [1.165, 1.54) is 7.11 Å². The number of aromatic nitrogens is 2. The summed E-state index contributed by atoms with van der Waals surface area (Å²) in [6, 6.07) is 3.71. The van der Waals surface area contributed by atoms with Gasteiger partial charge >= 0.3 is 5.97 Å². The molecule has 0 bridgehead atoms. The maximum Gasteiger partial charge on any atom is 0.339 e. The lowest BCUT2D eigenvalue weighted by molar-refractivity contribution is 0.0600. The molecule has 0 N–H and O–H groups in total. The molecular formula is C13H15BrN2O2. The number of nitrogens with zero attached hydrogens (tertiary/aromatic N) is 2. The molecule has 1 aromatic carbocycles. The van der Waals surface area contributed by atoms with Gasteiger partial charge in [-0.15, -0.1) is 0 Å². The molecule has 0 fully saturated rings. The second-order valence-electron chi connectivity index (χ2n) is 4.60. The van der Waals surface area contributed by atoms with Crippen LogP contribution in [0.25, 0.3) is 10.9 Å². The molecule has 0 atom stereocenters. The zero-order valence-electron chi connectivity index (χ0n) is 10.6. The molecular weight excluding hydrogens is 296 g/mol. The highest BCUT2D eigenvalue weighted by atomic mass is 79.9. The quantitative estimate of drug-likeness (QED) is 0.817. The van der Waals surface area contributed by atoms with Gasteiger partial charge in [-0.2, -0.15) is 5.10 Å². The van der Waals surface area contributed by atoms with Crippen molar-refractivity contribution in [2.24, 2.45) is 5.92 Å². The molecule has 0 saturated carbocycles. The van der Waals surface area contributed by atoms with Crippen LogP contribution in [0.1, 0.15) is 24.2 Å². The van der Waals surface area contributed by atoms with Crippen LogP contribution in [0, 0.1) is 5.92 Å². The predicted octanol–water partition coefficient (Wildman–Crippen LogP) is 3.24. The third-order valence-corrected chi connectivity index (χ3v) is 3.33. The second-order valence-corrected chi connectivity index (χ2v) is 5.46. The van der Waals surface area contributed by atoms with Crippen molar-refractivity contribution in [1.82, 2.24) is 9.78 Å². The van der Waals surface area contributed by atoms with E-state index in [1.807, 2.05) is 23.0 Å². The molecule has 0 aliphatic rings. The van der Waals surface area contributed by atoms with E-state index in [9.17, 15) is 4.79 Å². The molecule has 0 aliphatic carbocycles. The van der Waals surface area contributed by atoms with Crippen molar-refractivity contribution in [2.45, 2.75) is 20.4 Å². The molecule has 0 radical (unpaired) electrons. The van der Waals surface area contributed by atoms with Gasteiger partial charge in [0.15, 0.2) is 0 Å². The van der Waals surface area contributed by atoms with Gasteiger partial charge in [-0.05, 0) is 34.0 Å². The van der Waals surface area contributed by atoms with Gasteiger partial charge in [0.05, 0.1) is 24.4 Å². The maximum atomic E-state index is 11.7. The van der Waals surface area contributed by atoms with Gasteiger partial charge in [-0.1, -0.05) is 13.8 Å². The van der Waals surface area contributed by atoms with Crippen molar-refractivity contribution >= 4 is 32.8 Å². The van der Waals surface area contributed by atoms with E-state index in [0.717, 1.165) is 21.9 Å². The fraction of sp³-hybridized carbons (Fsp3) is 0.385. The number of rotatable bonds is 3. The van der Waals surface area contributed by atoms with E-state index in [2.05, 4.69) is 34.9 Å². The predicted molar refractivity (Wildman–Crippen MR) is 73.6 cm³/mol. The summed E-state index contributed by atoms with van der Waals surface area (Å²) in [5.74, 6) is 0.152. The van der Waals surface area contributed by atoms with Gasteiger partial charge in [-0.3, -0.25) is 4.68 Å². The molecule has 0 aliphatic heterocycles. The highest BCUT2D eigenvalue weighted by Gasteiger charge is 2.14. The van der Waals surface area contributed by atoms with Crippen LogP contribution in [0.15, 0.2) is 22.8 Å². The average molecular weight is 311 g/mol. The number of halogens is 1. The van der Waals surface area contributed by atoms with Crippen LogP contribution >= 0.6 is 15.9 Å². The lowest BCUT2D eigenvalue weighted by Crippen LogP contribution is -2.07. The van der Waals surface area contributed by atoms with Crippen molar-refractivity contribution in [2.75, 3.05) is 7.11 Å². The first-order valence-corrected chi connectivity index (χ1v) is 6.55. The number of methoxy groups -OCH3 is 1. The molecule has 0 spiro atoms. The zero-order chi connectivity index (χ0) is 13.3. The summed E-state index contributed by atoms with van der Waals surface area (Å²) in [5, 5.41) is 5.36. The van der Waals surface area contributed by atoms with Gasteiger partial charge in [0.2, 0.25) is 0 Å². The van der Waals surface area contributed by atoms with Gasteiger partial charge in [0.1, 0.15) is 0 Å². The first-order chi connectivity index (χ1) is 8.52. The Balaban J connectivity index is 2.55. The highest BCUT2D eigenvalue weighted by Crippen LogP contribution is 2.25. The summed E-state index contributed by atoms with van der Waals surface area (Å²) in [6.45, 7) is 5.09. The van der Waals surface area contributed by atoms with Crippen molar-refractivity contribution in [1.29, 1.82) is 0 Å². The molecule has 0 saturated heterocycles. The Kier molecular flexibility index (Phi) is 3.71. The van der Waals surface area contributed by atoms with Gasteiger partial charge in [0.25, 0.3) is 0 Å². The fourth-order valence-corrected chi connectivity index (χ4v) is 2.38. The molecule has 2 aromatic rings. The van der Waals surface area contributed by atoms with E-state index in [0.29, 0.717) is 11.5 Å². The zero-order valence-corrected chi connectivity index (χ0v) is 12.2. The van der Waals surface area contributed by atoms with Crippen LogP contribution in [0.5, 0.6) is 0 Å². The van der Waals surface area contributed by atoms with Crippen LogP contribution in [-0.4, -0.2) is 22.9 Å². The highest BCUT2D eigenvalue weighted by molar-refractivity contribution is 9.10. The van der Waals surface area contributed by atoms with E-state index >= 15 is 0 Å². The van der Waals surface area contributed by atoms with Crippen molar-refractivity contribution in [3.63, 3.8) is 0 Å². The third-order valence-electron chi connectivity index (χ3n) is 2.67. The number of esters is 1. The molecule has 2 rings (SSSR count). The lowest BCUT2D eigenvalue weighted by Gasteiger charge is -2.08. The fourth-order valence-electron chi connectivity index (χ4n) is 1.86. The van der Waals surface area contributed by atoms with E-state index < -0.39 is 0 Å². The standard InChI is InChI=1S/C13H15BrN2O2/c1-8(2)7-16-12-5-10(13(17)18-3)11(14)4-9(12)6-15-16/h4-6,8H,7H2,1-3H3. The molecule has 1 heterocycles. The van der Waals surface area contributed by atoms with Crippen LogP contribution in [0.3, 0.4) is 0 Å². The number of carbonyl (C=O) groups is 1. The number of benzene rings is 1. The van der Waals surface area contributed by atoms with E-state index in [1.54, 1.807) is 0 Å². The minimum atomic E-state index is -0.346. The largest absolute Gasteiger partial charge is 0.465 e. The summed E-state index contributed by atoms with van der Waals surface area (Å²) < 4.78 is 7.41. The molecule has 0 amide bonds. The molecule has 1 aromatic heterocycles. The molecule has 96 valence electrons. The Morgan fingerprint density at radius 3 is 2.83 bits per heavy atom. The molecule has 4 nitrogen and oxygen atoms in total. The van der Waals surface area contributed by atoms with Crippen LogP contribution < -0.4 is 0 Å². The summed E-state index contributed by atoms with van der Waals surface area (Å²) in [6.07, 6.45) is 1.81. The number of ether oxygens (including phenoxy) is 1. The smallest absolute Gasteiger partial charge is 0.339 e. The van der Waals surface area contributed by atoms with E-state index in [-0.39, 0.29) is 5.97 Å². The molecule has 18 heavy (non-hydrogen) atoms. The number of fused-ring (bicyclic) bond motifs is 1. The average Bonchev–Trinajstić information content (AvgIpc) is 2.69. The Hall–Kier alpha value is -1.36. The maximum absolute atomic E-state index is 11.7. The first-order valence-electron chi connectivity index (χ1n) is 5.76. The number of carbonyl (C=O) groups excluding carboxylic acids is 1. The molecule has 5 heteroatoms. The number of hydrogen-bond acceptors (Lipinski definition) is 3. The summed E-state index contributed by atoms with van der Waals surface area (Å²) in [7, 11) is 1.38. The minimum Gasteiger partial charge on any atom is -0.465 e. The topological polar surface area (TPSA) is 44.1 Å². The normalized spacial score (nSPS) is 11.2. The summed E-state index contributed by atoms with van der Waals surface area (Å²) in [5.41, 5.74) is 1.47. The van der Waals surface area contributed by atoms with E-state index in [4.69, 9.17) is 4.74 Å². The monoisotopic (exact) mass is 310 g/mol. The minimum absolute atomic E-state index is 0.346. The van der Waals surface area contributed by atoms with Gasteiger partial charge in [0, 0.05) is 16.4 Å². The summed E-state index contributed by atoms with van der Waals surface area (Å²) in [4.78, 5) is 11.7. The van der Waals surface area contributed by atoms with Crippen LogP contribution in [0.4, 0.5) is 0 Å². The molecule has 0 unspecified atom stereocenters. The SMILES string of the molecule is COC(=O)c1cc2c(cnn2CC(C)C)cc1Br. The van der Waals surface area contributed by atoms with Crippen molar-refractivity contribution in [3.05, 3.63) is 28.4 Å². The Morgan fingerprint density at radius 2 is 2.22 bits per heavy atom. The van der Waals surface area contributed by atoms with Crippen molar-refractivity contribution < 1.29 is 9.53 Å². The third kappa shape index (κ3) is 2.41. The second kappa shape index (κ2) is 5.10. The first kappa shape index (κ1) is 13.1. The lowest BCUT2D eigenvalue weighted by atomic mass is 10.1.